The predicted octanol–water partition coefficient (Wildman–Crippen LogP) is 4.04. The number of hydrogen-bond acceptors (Lipinski definition) is 5. The molecule has 2 aliphatic rings. The summed E-state index contributed by atoms with van der Waals surface area (Å²) in [6.07, 6.45) is 0.835. The first-order chi connectivity index (χ1) is 15.3. The summed E-state index contributed by atoms with van der Waals surface area (Å²) in [5, 5.41) is 3.21. The number of fused-ring (bicyclic) bond motifs is 1. The lowest BCUT2D eigenvalue weighted by Crippen LogP contribution is -2.43. The molecule has 0 unspecified atom stereocenters. The normalized spacial score (nSPS) is 18.2. The van der Waals surface area contributed by atoms with Gasteiger partial charge in [-0.25, -0.2) is 8.42 Å². The van der Waals surface area contributed by atoms with Crippen molar-refractivity contribution in [3.05, 3.63) is 52.0 Å². The molecule has 0 aromatic heterocycles. The molecule has 2 heterocycles. The Morgan fingerprint density at radius 2 is 1.69 bits per heavy atom. The van der Waals surface area contributed by atoms with E-state index in [9.17, 15) is 13.2 Å². The Morgan fingerprint density at radius 1 is 1.06 bits per heavy atom. The summed E-state index contributed by atoms with van der Waals surface area (Å²) in [7, 11) is -3.84. The van der Waals surface area contributed by atoms with Crippen LogP contribution < -0.4 is 14.8 Å². The zero-order chi connectivity index (χ0) is 22.9. The van der Waals surface area contributed by atoms with Crippen molar-refractivity contribution >= 4 is 39.1 Å². The van der Waals surface area contributed by atoms with Crippen molar-refractivity contribution in [3.63, 3.8) is 0 Å². The van der Waals surface area contributed by atoms with E-state index in [0.29, 0.717) is 37.6 Å². The third-order valence-electron chi connectivity index (χ3n) is 5.77. The van der Waals surface area contributed by atoms with Crippen LogP contribution in [0.25, 0.3) is 0 Å². The molecule has 2 aromatic rings. The molecule has 1 atom stereocenters. The summed E-state index contributed by atoms with van der Waals surface area (Å²) in [5.41, 5.74) is 0.913. The van der Waals surface area contributed by atoms with Crippen LogP contribution in [0.5, 0.6) is 11.5 Å². The SMILES string of the molecule is C[C@@H](NC(=O)C1CCN(S(=O)(=O)c2c(Cl)cccc2Cl)CC1)c1ccc2c(c1)OCCO2. The predicted molar refractivity (Wildman–Crippen MR) is 122 cm³/mol. The van der Waals surface area contributed by atoms with E-state index in [0.717, 1.165) is 5.56 Å². The van der Waals surface area contributed by atoms with E-state index >= 15 is 0 Å². The molecule has 1 saturated heterocycles. The lowest BCUT2D eigenvalue weighted by Gasteiger charge is -2.31. The van der Waals surface area contributed by atoms with Crippen molar-refractivity contribution in [3.8, 4) is 11.5 Å². The number of rotatable bonds is 5. The Morgan fingerprint density at radius 3 is 2.34 bits per heavy atom. The van der Waals surface area contributed by atoms with Crippen LogP contribution in [-0.2, 0) is 14.8 Å². The van der Waals surface area contributed by atoms with Crippen LogP contribution in [0.1, 0.15) is 31.4 Å². The van der Waals surface area contributed by atoms with Gasteiger partial charge in [-0.3, -0.25) is 4.79 Å². The van der Waals surface area contributed by atoms with E-state index in [-0.39, 0.29) is 45.9 Å². The largest absolute Gasteiger partial charge is 0.486 e. The molecule has 1 fully saturated rings. The summed E-state index contributed by atoms with van der Waals surface area (Å²) >= 11 is 12.2. The van der Waals surface area contributed by atoms with Gasteiger partial charge < -0.3 is 14.8 Å². The number of piperidine rings is 1. The smallest absolute Gasteiger partial charge is 0.246 e. The summed E-state index contributed by atoms with van der Waals surface area (Å²) in [6.45, 7) is 3.37. The molecule has 1 amide bonds. The summed E-state index contributed by atoms with van der Waals surface area (Å²) in [4.78, 5) is 12.7. The zero-order valence-electron chi connectivity index (χ0n) is 17.5. The van der Waals surface area contributed by atoms with Gasteiger partial charge in [0.15, 0.2) is 11.5 Å². The Hall–Kier alpha value is -2.00. The molecule has 32 heavy (non-hydrogen) atoms. The van der Waals surface area contributed by atoms with Crippen molar-refractivity contribution in [2.75, 3.05) is 26.3 Å². The van der Waals surface area contributed by atoms with E-state index in [2.05, 4.69) is 5.32 Å². The van der Waals surface area contributed by atoms with Gasteiger partial charge in [0.2, 0.25) is 15.9 Å². The van der Waals surface area contributed by atoms with Crippen LogP contribution in [0.3, 0.4) is 0 Å². The molecule has 0 bridgehead atoms. The highest BCUT2D eigenvalue weighted by atomic mass is 35.5. The summed E-state index contributed by atoms with van der Waals surface area (Å²) < 4.78 is 38.5. The van der Waals surface area contributed by atoms with Gasteiger partial charge in [-0.15, -0.1) is 0 Å². The van der Waals surface area contributed by atoms with E-state index in [1.54, 1.807) is 6.07 Å². The van der Waals surface area contributed by atoms with Gasteiger partial charge in [0.1, 0.15) is 18.1 Å². The van der Waals surface area contributed by atoms with Gasteiger partial charge in [-0.1, -0.05) is 35.3 Å². The molecule has 0 radical (unpaired) electrons. The van der Waals surface area contributed by atoms with E-state index < -0.39 is 10.0 Å². The number of hydrogen-bond donors (Lipinski definition) is 1. The fourth-order valence-corrected chi connectivity index (χ4v) is 6.52. The molecule has 0 aliphatic carbocycles. The molecule has 172 valence electrons. The maximum atomic E-state index is 13.0. The van der Waals surface area contributed by atoms with E-state index in [1.807, 2.05) is 25.1 Å². The first-order valence-corrected chi connectivity index (χ1v) is 12.6. The minimum absolute atomic E-state index is 0.0848. The number of nitrogens with zero attached hydrogens (tertiary/aromatic N) is 1. The van der Waals surface area contributed by atoms with Gasteiger partial charge in [0, 0.05) is 19.0 Å². The first kappa shape index (κ1) is 23.2. The second-order valence-electron chi connectivity index (χ2n) is 7.86. The van der Waals surface area contributed by atoms with Crippen LogP contribution in [0.2, 0.25) is 10.0 Å². The molecule has 7 nitrogen and oxygen atoms in total. The molecule has 0 spiro atoms. The molecular weight excluding hydrogens is 475 g/mol. The van der Waals surface area contributed by atoms with Crippen molar-refractivity contribution in [2.45, 2.75) is 30.7 Å². The minimum atomic E-state index is -3.84. The average Bonchev–Trinajstić information content (AvgIpc) is 2.78. The monoisotopic (exact) mass is 498 g/mol. The number of carbonyl (C=O) groups excluding carboxylic acids is 1. The molecule has 0 saturated carbocycles. The number of sulfonamides is 1. The second kappa shape index (κ2) is 9.47. The van der Waals surface area contributed by atoms with Crippen LogP contribution >= 0.6 is 23.2 Å². The quantitative estimate of drug-likeness (QED) is 0.672. The van der Waals surface area contributed by atoms with Gasteiger partial charge in [-0.2, -0.15) is 4.31 Å². The van der Waals surface area contributed by atoms with Crippen LogP contribution in [0.15, 0.2) is 41.3 Å². The summed E-state index contributed by atoms with van der Waals surface area (Å²) in [5.74, 6) is 1.00. The standard InChI is InChI=1S/C22H24Cl2N2O5S/c1-14(16-5-6-19-20(13-16)31-12-11-30-19)25-22(27)15-7-9-26(10-8-15)32(28,29)21-17(23)3-2-4-18(21)24/h2-6,13-15H,7-12H2,1H3,(H,25,27)/t14-/m1/s1. The minimum Gasteiger partial charge on any atom is -0.486 e. The van der Waals surface area contributed by atoms with Gasteiger partial charge >= 0.3 is 0 Å². The van der Waals surface area contributed by atoms with Gasteiger partial charge in [0.05, 0.1) is 16.1 Å². The highest BCUT2D eigenvalue weighted by molar-refractivity contribution is 7.89. The fraction of sp³-hybridized carbons (Fsp3) is 0.409. The van der Waals surface area contributed by atoms with Crippen LogP contribution in [-0.4, -0.2) is 44.9 Å². The number of amides is 1. The van der Waals surface area contributed by atoms with E-state index in [1.165, 1.54) is 16.4 Å². The Balaban J connectivity index is 1.37. The lowest BCUT2D eigenvalue weighted by atomic mass is 9.96. The van der Waals surface area contributed by atoms with Crippen molar-refractivity contribution in [2.24, 2.45) is 5.92 Å². The lowest BCUT2D eigenvalue weighted by molar-refractivity contribution is -0.126. The third-order valence-corrected chi connectivity index (χ3v) is 8.62. The molecular formula is C22H24Cl2N2O5S. The Bertz CT molecular complexity index is 1100. The molecule has 4 rings (SSSR count). The van der Waals surface area contributed by atoms with Gasteiger partial charge in [-0.05, 0) is 49.6 Å². The number of halogens is 2. The maximum absolute atomic E-state index is 13.0. The third kappa shape index (κ3) is 4.69. The first-order valence-electron chi connectivity index (χ1n) is 10.4. The topological polar surface area (TPSA) is 84.9 Å². The van der Waals surface area contributed by atoms with Crippen LogP contribution in [0, 0.1) is 5.92 Å². The highest BCUT2D eigenvalue weighted by Gasteiger charge is 2.34. The average molecular weight is 499 g/mol. The van der Waals surface area contributed by atoms with Crippen LogP contribution in [0.4, 0.5) is 0 Å². The molecule has 2 aliphatic heterocycles. The fourth-order valence-electron chi connectivity index (χ4n) is 3.96. The molecule has 2 aromatic carbocycles. The second-order valence-corrected chi connectivity index (χ2v) is 10.6. The van der Waals surface area contributed by atoms with E-state index in [4.69, 9.17) is 32.7 Å². The van der Waals surface area contributed by atoms with Crippen molar-refractivity contribution < 1.29 is 22.7 Å². The molecule has 1 N–H and O–H groups in total. The zero-order valence-corrected chi connectivity index (χ0v) is 19.8. The Labute approximate surface area is 197 Å². The highest BCUT2D eigenvalue weighted by Crippen LogP contribution is 2.34. The van der Waals surface area contributed by atoms with Crippen molar-refractivity contribution in [1.82, 2.24) is 9.62 Å². The van der Waals surface area contributed by atoms with Crippen molar-refractivity contribution in [1.29, 1.82) is 0 Å². The number of ether oxygens (including phenoxy) is 2. The maximum Gasteiger partial charge on any atom is 0.246 e. The number of nitrogens with one attached hydrogen (secondary N) is 1. The number of carbonyl (C=O) groups is 1. The Kier molecular flexibility index (Phi) is 6.86. The molecule has 10 heteroatoms. The summed E-state index contributed by atoms with van der Waals surface area (Å²) in [6, 6.07) is 10.0. The number of benzene rings is 2. The van der Waals surface area contributed by atoms with Gasteiger partial charge in [0.25, 0.3) is 0 Å².